The van der Waals surface area contributed by atoms with Crippen LogP contribution in [0, 0.1) is 11.6 Å². The fourth-order valence-corrected chi connectivity index (χ4v) is 1.57. The number of halogens is 2. The van der Waals surface area contributed by atoms with E-state index in [1.807, 2.05) is 20.8 Å². The molecule has 1 amide bonds. The van der Waals surface area contributed by atoms with Gasteiger partial charge in [-0.1, -0.05) is 6.92 Å². The van der Waals surface area contributed by atoms with Crippen molar-refractivity contribution in [1.29, 1.82) is 0 Å². The van der Waals surface area contributed by atoms with Crippen molar-refractivity contribution in [3.05, 3.63) is 29.3 Å². The van der Waals surface area contributed by atoms with Crippen LogP contribution in [0.3, 0.4) is 0 Å². The maximum atomic E-state index is 13.7. The van der Waals surface area contributed by atoms with Gasteiger partial charge in [-0.3, -0.25) is 4.79 Å². The molecule has 1 rings (SSSR count). The largest absolute Gasteiger partial charge is 0.475 e. The van der Waals surface area contributed by atoms with Gasteiger partial charge in [0, 0.05) is 5.54 Å². The highest BCUT2D eigenvalue weighted by Gasteiger charge is 2.25. The van der Waals surface area contributed by atoms with Gasteiger partial charge in [-0.15, -0.1) is 0 Å². The average Bonchev–Trinajstić information content (AvgIpc) is 2.41. The van der Waals surface area contributed by atoms with Crippen LogP contribution >= 0.6 is 0 Å². The molecule has 0 saturated carbocycles. The molecule has 1 atom stereocenters. The lowest BCUT2D eigenvalue weighted by molar-refractivity contribution is -0.129. The Hall–Kier alpha value is -1.69. The van der Waals surface area contributed by atoms with E-state index in [1.165, 1.54) is 6.92 Å². The standard InChI is InChI=1S/C15H21F2NO3/c1-5-15(3,4)18-14(20)9(2)21-13-11(16)6-10(8-19)7-12(13)17/h6-7,9,19H,5,8H2,1-4H3,(H,18,20). The maximum Gasteiger partial charge on any atom is 0.261 e. The lowest BCUT2D eigenvalue weighted by atomic mass is 10.0. The van der Waals surface area contributed by atoms with Gasteiger partial charge in [-0.05, 0) is 44.9 Å². The highest BCUT2D eigenvalue weighted by atomic mass is 19.1. The van der Waals surface area contributed by atoms with Crippen molar-refractivity contribution in [3.63, 3.8) is 0 Å². The molecule has 0 bridgehead atoms. The third kappa shape index (κ3) is 4.67. The molecule has 0 aliphatic rings. The van der Waals surface area contributed by atoms with Crippen molar-refractivity contribution in [2.24, 2.45) is 0 Å². The lowest BCUT2D eigenvalue weighted by Crippen LogP contribution is -2.48. The molecule has 0 aromatic heterocycles. The summed E-state index contributed by atoms with van der Waals surface area (Å²) in [6, 6.07) is 1.94. The first-order chi connectivity index (χ1) is 9.70. The molecule has 1 aromatic carbocycles. The molecule has 2 N–H and O–H groups in total. The van der Waals surface area contributed by atoms with Crippen molar-refractivity contribution >= 4 is 5.91 Å². The SMILES string of the molecule is CCC(C)(C)NC(=O)C(C)Oc1c(F)cc(CO)cc1F. The van der Waals surface area contributed by atoms with E-state index in [4.69, 9.17) is 9.84 Å². The first kappa shape index (κ1) is 17.4. The van der Waals surface area contributed by atoms with Crippen LogP contribution in [0.25, 0.3) is 0 Å². The summed E-state index contributed by atoms with van der Waals surface area (Å²) in [6.07, 6.45) is -0.334. The fourth-order valence-electron chi connectivity index (χ4n) is 1.57. The number of aliphatic hydroxyl groups excluding tert-OH is 1. The van der Waals surface area contributed by atoms with Gasteiger partial charge in [-0.2, -0.15) is 0 Å². The molecule has 21 heavy (non-hydrogen) atoms. The van der Waals surface area contributed by atoms with Crippen LogP contribution in [-0.2, 0) is 11.4 Å². The number of aliphatic hydroxyl groups is 1. The zero-order valence-electron chi connectivity index (χ0n) is 12.7. The number of carbonyl (C=O) groups excluding carboxylic acids is 1. The van der Waals surface area contributed by atoms with E-state index >= 15 is 0 Å². The minimum Gasteiger partial charge on any atom is -0.475 e. The molecule has 0 radical (unpaired) electrons. The van der Waals surface area contributed by atoms with Gasteiger partial charge in [-0.25, -0.2) is 8.78 Å². The van der Waals surface area contributed by atoms with Crippen LogP contribution in [-0.4, -0.2) is 22.7 Å². The summed E-state index contributed by atoms with van der Waals surface area (Å²) < 4.78 is 32.5. The highest BCUT2D eigenvalue weighted by molar-refractivity contribution is 5.81. The van der Waals surface area contributed by atoms with E-state index in [1.54, 1.807) is 0 Å². The summed E-state index contributed by atoms with van der Waals surface area (Å²) in [5.74, 6) is -2.97. The molecule has 0 spiro atoms. The van der Waals surface area contributed by atoms with Gasteiger partial charge in [0.1, 0.15) is 0 Å². The van der Waals surface area contributed by atoms with E-state index in [0.717, 1.165) is 12.1 Å². The second-order valence-electron chi connectivity index (χ2n) is 5.53. The first-order valence-electron chi connectivity index (χ1n) is 6.77. The van der Waals surface area contributed by atoms with E-state index in [0.29, 0.717) is 6.42 Å². The molecule has 0 aliphatic carbocycles. The fraction of sp³-hybridized carbons (Fsp3) is 0.533. The highest BCUT2D eigenvalue weighted by Crippen LogP contribution is 2.24. The zero-order valence-corrected chi connectivity index (χ0v) is 12.7. The maximum absolute atomic E-state index is 13.7. The molecule has 0 aliphatic heterocycles. The second-order valence-corrected chi connectivity index (χ2v) is 5.53. The van der Waals surface area contributed by atoms with E-state index < -0.39 is 41.5 Å². The normalized spacial score (nSPS) is 12.9. The van der Waals surface area contributed by atoms with Gasteiger partial charge in [0.15, 0.2) is 23.5 Å². The topological polar surface area (TPSA) is 58.6 Å². The van der Waals surface area contributed by atoms with Crippen LogP contribution in [0.1, 0.15) is 39.7 Å². The van der Waals surface area contributed by atoms with Crippen molar-refractivity contribution in [3.8, 4) is 5.75 Å². The molecule has 0 saturated heterocycles. The van der Waals surface area contributed by atoms with Gasteiger partial charge >= 0.3 is 0 Å². The lowest BCUT2D eigenvalue weighted by Gasteiger charge is -2.26. The van der Waals surface area contributed by atoms with Gasteiger partial charge < -0.3 is 15.2 Å². The van der Waals surface area contributed by atoms with Crippen molar-refractivity contribution < 1.29 is 23.4 Å². The number of rotatable bonds is 6. The number of carbonyl (C=O) groups is 1. The summed E-state index contributed by atoms with van der Waals surface area (Å²) in [7, 11) is 0. The van der Waals surface area contributed by atoms with Crippen molar-refractivity contribution in [1.82, 2.24) is 5.32 Å². The molecule has 0 heterocycles. The number of amides is 1. The Balaban J connectivity index is 2.84. The Morgan fingerprint density at radius 1 is 1.38 bits per heavy atom. The smallest absolute Gasteiger partial charge is 0.261 e. The third-order valence-electron chi connectivity index (χ3n) is 3.25. The summed E-state index contributed by atoms with van der Waals surface area (Å²) >= 11 is 0. The van der Waals surface area contributed by atoms with Gasteiger partial charge in [0.05, 0.1) is 6.61 Å². The number of hydrogen-bond acceptors (Lipinski definition) is 3. The number of nitrogens with one attached hydrogen (secondary N) is 1. The Morgan fingerprint density at radius 3 is 2.33 bits per heavy atom. The molecule has 1 unspecified atom stereocenters. The van der Waals surface area contributed by atoms with Crippen LogP contribution in [0.15, 0.2) is 12.1 Å². The van der Waals surface area contributed by atoms with E-state index in [9.17, 15) is 13.6 Å². The summed E-state index contributed by atoms with van der Waals surface area (Å²) in [6.45, 7) is 6.54. The molecule has 118 valence electrons. The molecule has 4 nitrogen and oxygen atoms in total. The van der Waals surface area contributed by atoms with Crippen LogP contribution in [0.4, 0.5) is 8.78 Å². The Bertz CT molecular complexity index is 495. The minimum atomic E-state index is -1.04. The average molecular weight is 301 g/mol. The van der Waals surface area contributed by atoms with E-state index in [-0.39, 0.29) is 5.56 Å². The third-order valence-corrected chi connectivity index (χ3v) is 3.25. The van der Waals surface area contributed by atoms with Crippen molar-refractivity contribution in [2.45, 2.75) is 52.4 Å². The Morgan fingerprint density at radius 2 is 1.90 bits per heavy atom. The monoisotopic (exact) mass is 301 g/mol. The predicted octanol–water partition coefficient (Wildman–Crippen LogP) is 2.53. The Labute approximate surface area is 123 Å². The number of hydrogen-bond donors (Lipinski definition) is 2. The second kappa shape index (κ2) is 6.85. The molecule has 6 heteroatoms. The summed E-state index contributed by atoms with van der Waals surface area (Å²) in [5, 5.41) is 11.6. The quantitative estimate of drug-likeness (QED) is 0.849. The first-order valence-corrected chi connectivity index (χ1v) is 6.77. The summed E-state index contributed by atoms with van der Waals surface area (Å²) in [5.41, 5.74) is -0.325. The molecule has 1 aromatic rings. The van der Waals surface area contributed by atoms with Crippen molar-refractivity contribution in [2.75, 3.05) is 0 Å². The zero-order chi connectivity index (χ0) is 16.2. The van der Waals surface area contributed by atoms with Gasteiger partial charge in [0.25, 0.3) is 5.91 Å². The molecule has 0 fully saturated rings. The van der Waals surface area contributed by atoms with E-state index in [2.05, 4.69) is 5.32 Å². The minimum absolute atomic E-state index is 0.0987. The van der Waals surface area contributed by atoms with Crippen LogP contribution in [0.2, 0.25) is 0 Å². The van der Waals surface area contributed by atoms with Gasteiger partial charge in [0.2, 0.25) is 0 Å². The molecular weight excluding hydrogens is 280 g/mol. The number of benzene rings is 1. The molecular formula is C15H21F2NO3. The number of ether oxygens (including phenoxy) is 1. The van der Waals surface area contributed by atoms with Crippen LogP contribution in [0.5, 0.6) is 5.75 Å². The Kier molecular flexibility index (Phi) is 5.66. The predicted molar refractivity (Wildman–Crippen MR) is 74.9 cm³/mol. The summed E-state index contributed by atoms with van der Waals surface area (Å²) in [4.78, 5) is 11.9. The van der Waals surface area contributed by atoms with Crippen LogP contribution < -0.4 is 10.1 Å².